The smallest absolute Gasteiger partial charge is 0.257 e. The largest absolute Gasteiger partial charge is 0.505 e. The van der Waals surface area contributed by atoms with E-state index in [1.807, 2.05) is 0 Å². The third kappa shape index (κ3) is 3.77. The van der Waals surface area contributed by atoms with Gasteiger partial charge in [0.05, 0.1) is 24.0 Å². The number of hydrazine groups is 1. The van der Waals surface area contributed by atoms with Crippen LogP contribution in [-0.2, 0) is 0 Å². The van der Waals surface area contributed by atoms with E-state index in [0.29, 0.717) is 5.75 Å². The van der Waals surface area contributed by atoms with Crippen LogP contribution in [0.15, 0.2) is 52.1 Å². The van der Waals surface area contributed by atoms with Crippen molar-refractivity contribution in [2.24, 2.45) is 0 Å². The summed E-state index contributed by atoms with van der Waals surface area (Å²) in [7, 11) is 6.39. The van der Waals surface area contributed by atoms with Gasteiger partial charge in [-0.3, -0.25) is 24.8 Å². The number of carbonyl (C=O) groups excluding carboxylic acids is 1. The Bertz CT molecular complexity index is 1150. The van der Waals surface area contributed by atoms with Crippen LogP contribution in [0.1, 0.15) is 10.4 Å². The summed E-state index contributed by atoms with van der Waals surface area (Å²) in [6.07, 6.45) is 0. The highest BCUT2D eigenvalue weighted by Gasteiger charge is 2.24. The summed E-state index contributed by atoms with van der Waals surface area (Å²) in [6.45, 7) is 0. The van der Waals surface area contributed by atoms with Gasteiger partial charge in [0.1, 0.15) is 17.1 Å². The summed E-state index contributed by atoms with van der Waals surface area (Å²) in [5.41, 5.74) is 2.49. The van der Waals surface area contributed by atoms with E-state index in [4.69, 9.17) is 4.74 Å². The molecule has 0 saturated heterocycles. The third-order valence-electron chi connectivity index (χ3n) is 4.58. The number of amides is 1. The standard InChI is InChI=1S/C21H22N4O5/c1-24(2)21(29)14-6-5-7-15(18(14)26)22-16-17(20(28)19(16)27)23-25(3)12-8-10-13(30-4)11-9-12/h5-11,22-23,26H,1-4H3. The van der Waals surface area contributed by atoms with Crippen molar-refractivity contribution in [1.82, 2.24) is 4.90 Å². The van der Waals surface area contributed by atoms with Crippen LogP contribution in [0.5, 0.6) is 11.5 Å². The van der Waals surface area contributed by atoms with Crippen LogP contribution >= 0.6 is 0 Å². The molecule has 3 N–H and O–H groups in total. The lowest BCUT2D eigenvalue weighted by Gasteiger charge is -2.24. The van der Waals surface area contributed by atoms with Gasteiger partial charge in [0.25, 0.3) is 16.8 Å². The maximum Gasteiger partial charge on any atom is 0.257 e. The molecule has 0 radical (unpaired) electrons. The number of hydrogen-bond acceptors (Lipinski definition) is 8. The van der Waals surface area contributed by atoms with Gasteiger partial charge >= 0.3 is 0 Å². The van der Waals surface area contributed by atoms with Gasteiger partial charge in [-0.25, -0.2) is 0 Å². The van der Waals surface area contributed by atoms with Gasteiger partial charge in [-0.15, -0.1) is 0 Å². The number of rotatable bonds is 7. The number of hydrogen-bond donors (Lipinski definition) is 3. The van der Waals surface area contributed by atoms with Crippen molar-refractivity contribution in [2.45, 2.75) is 0 Å². The molecule has 9 nitrogen and oxygen atoms in total. The molecule has 0 fully saturated rings. The van der Waals surface area contributed by atoms with Gasteiger partial charge in [0.15, 0.2) is 5.75 Å². The lowest BCUT2D eigenvalue weighted by atomic mass is 10.1. The molecule has 0 aliphatic heterocycles. The van der Waals surface area contributed by atoms with Crippen LogP contribution < -0.4 is 31.3 Å². The Labute approximate surface area is 172 Å². The summed E-state index contributed by atoms with van der Waals surface area (Å²) in [5, 5.41) is 14.8. The average Bonchev–Trinajstić information content (AvgIpc) is 2.76. The first-order valence-corrected chi connectivity index (χ1v) is 9.03. The highest BCUT2D eigenvalue weighted by Crippen LogP contribution is 2.32. The van der Waals surface area contributed by atoms with Gasteiger partial charge in [-0.05, 0) is 36.4 Å². The quantitative estimate of drug-likeness (QED) is 0.308. The number of carbonyl (C=O) groups is 1. The minimum absolute atomic E-state index is 0.00473. The number of ether oxygens (including phenoxy) is 1. The molecule has 0 aliphatic carbocycles. The highest BCUT2D eigenvalue weighted by molar-refractivity contribution is 5.99. The lowest BCUT2D eigenvalue weighted by Crippen LogP contribution is -2.40. The maximum absolute atomic E-state index is 12.2. The predicted molar refractivity (Wildman–Crippen MR) is 116 cm³/mol. The molecular formula is C21H22N4O5. The number of phenolic OH excluding ortho intramolecular Hbond substituents is 1. The first-order chi connectivity index (χ1) is 14.2. The zero-order valence-electron chi connectivity index (χ0n) is 17.0. The van der Waals surface area contributed by atoms with Crippen LogP contribution in [-0.4, -0.2) is 44.2 Å². The van der Waals surface area contributed by atoms with Crippen LogP contribution in [0.25, 0.3) is 0 Å². The fourth-order valence-electron chi connectivity index (χ4n) is 2.85. The molecule has 0 unspecified atom stereocenters. The van der Waals surface area contributed by atoms with Crippen molar-refractivity contribution in [3.05, 3.63) is 68.5 Å². The Balaban J connectivity index is 1.85. The van der Waals surface area contributed by atoms with E-state index in [0.717, 1.165) is 5.69 Å². The second-order valence-corrected chi connectivity index (χ2v) is 6.80. The molecule has 9 heteroatoms. The van der Waals surface area contributed by atoms with Crippen molar-refractivity contribution in [1.29, 1.82) is 0 Å². The average molecular weight is 410 g/mol. The molecule has 156 valence electrons. The normalized spacial score (nSPS) is 10.5. The minimum atomic E-state index is -0.718. The monoisotopic (exact) mass is 410 g/mol. The first kappa shape index (κ1) is 20.7. The fourth-order valence-corrected chi connectivity index (χ4v) is 2.85. The zero-order valence-corrected chi connectivity index (χ0v) is 17.0. The van der Waals surface area contributed by atoms with Gasteiger partial charge in [0, 0.05) is 21.1 Å². The van der Waals surface area contributed by atoms with Crippen molar-refractivity contribution in [3.63, 3.8) is 0 Å². The van der Waals surface area contributed by atoms with E-state index in [2.05, 4.69) is 10.7 Å². The molecule has 0 saturated carbocycles. The molecule has 3 aromatic rings. The number of nitrogens with zero attached hydrogens (tertiary/aromatic N) is 2. The molecule has 0 aromatic heterocycles. The maximum atomic E-state index is 12.2. The molecular weight excluding hydrogens is 388 g/mol. The van der Waals surface area contributed by atoms with Gasteiger partial charge in [0.2, 0.25) is 0 Å². The summed E-state index contributed by atoms with van der Waals surface area (Å²) in [6, 6.07) is 11.7. The van der Waals surface area contributed by atoms with Crippen molar-refractivity contribution < 1.29 is 14.6 Å². The molecule has 0 aliphatic rings. The van der Waals surface area contributed by atoms with Crippen molar-refractivity contribution >= 4 is 28.7 Å². The van der Waals surface area contributed by atoms with E-state index in [1.165, 1.54) is 17.0 Å². The topological polar surface area (TPSA) is 111 Å². The number of nitrogens with one attached hydrogen (secondary N) is 2. The molecule has 30 heavy (non-hydrogen) atoms. The van der Waals surface area contributed by atoms with E-state index in [9.17, 15) is 19.5 Å². The SMILES string of the molecule is COc1ccc(N(C)Nc2c(Nc3cccc(C(=O)N(C)C)c3O)c(=O)c2=O)cc1. The lowest BCUT2D eigenvalue weighted by molar-refractivity contribution is 0.0824. The van der Waals surface area contributed by atoms with E-state index in [1.54, 1.807) is 63.6 Å². The Morgan fingerprint density at radius 1 is 0.967 bits per heavy atom. The van der Waals surface area contributed by atoms with Crippen LogP contribution in [0.3, 0.4) is 0 Å². The van der Waals surface area contributed by atoms with Crippen molar-refractivity contribution in [2.75, 3.05) is 44.0 Å². The molecule has 3 aromatic carbocycles. The summed E-state index contributed by atoms with van der Waals surface area (Å²) >= 11 is 0. The van der Waals surface area contributed by atoms with Crippen LogP contribution in [0.4, 0.5) is 22.7 Å². The summed E-state index contributed by atoms with van der Waals surface area (Å²) < 4.78 is 5.12. The number of aromatic hydroxyl groups is 1. The van der Waals surface area contributed by atoms with Gasteiger partial charge < -0.3 is 20.1 Å². The van der Waals surface area contributed by atoms with Gasteiger partial charge in [-0.2, -0.15) is 0 Å². The summed E-state index contributed by atoms with van der Waals surface area (Å²) in [5.74, 6) is -0.0105. The van der Waals surface area contributed by atoms with E-state index >= 15 is 0 Å². The second kappa shape index (κ2) is 8.16. The second-order valence-electron chi connectivity index (χ2n) is 6.80. The third-order valence-corrected chi connectivity index (χ3v) is 4.58. The minimum Gasteiger partial charge on any atom is -0.505 e. The number of methoxy groups -OCH3 is 1. The number of anilines is 4. The molecule has 0 heterocycles. The number of para-hydroxylation sites is 1. The molecule has 3 rings (SSSR count). The Kier molecular flexibility index (Phi) is 5.63. The molecule has 1 amide bonds. The Morgan fingerprint density at radius 2 is 1.60 bits per heavy atom. The number of benzene rings is 2. The van der Waals surface area contributed by atoms with E-state index < -0.39 is 16.8 Å². The van der Waals surface area contributed by atoms with Crippen molar-refractivity contribution in [3.8, 4) is 11.5 Å². The Hall–Kier alpha value is -4.01. The Morgan fingerprint density at radius 3 is 2.20 bits per heavy atom. The zero-order chi connectivity index (χ0) is 22.0. The van der Waals surface area contributed by atoms with E-state index in [-0.39, 0.29) is 28.4 Å². The predicted octanol–water partition coefficient (Wildman–Crippen LogP) is 1.91. The molecule has 0 spiro atoms. The van der Waals surface area contributed by atoms with Crippen LogP contribution in [0, 0.1) is 0 Å². The van der Waals surface area contributed by atoms with Crippen LogP contribution in [0.2, 0.25) is 0 Å². The number of phenols is 1. The molecule has 0 bridgehead atoms. The molecule has 0 atom stereocenters. The first-order valence-electron chi connectivity index (χ1n) is 9.03. The fraction of sp³-hybridized carbons (Fsp3) is 0.190. The van der Waals surface area contributed by atoms with Gasteiger partial charge in [-0.1, -0.05) is 6.07 Å². The highest BCUT2D eigenvalue weighted by atomic mass is 16.5. The summed E-state index contributed by atoms with van der Waals surface area (Å²) in [4.78, 5) is 37.7.